The van der Waals surface area contributed by atoms with Crippen molar-refractivity contribution in [2.45, 2.75) is 149 Å². The van der Waals surface area contributed by atoms with Crippen LogP contribution in [0, 0.1) is 0 Å². The first-order valence-electron chi connectivity index (χ1n) is 13.1. The molecule has 0 spiro atoms. The van der Waals surface area contributed by atoms with Crippen molar-refractivity contribution in [3.05, 3.63) is 0 Å². The van der Waals surface area contributed by atoms with E-state index in [0.717, 1.165) is 19.3 Å². The Labute approximate surface area is 182 Å². The largest absolute Gasteiger partial charge is 0.508 e. The molecule has 29 heavy (non-hydrogen) atoms. The number of carbonyl (C=O) groups is 1. The van der Waals surface area contributed by atoms with Crippen molar-refractivity contribution in [2.24, 2.45) is 0 Å². The molecule has 0 N–H and O–H groups in total. The van der Waals surface area contributed by atoms with E-state index in [1.165, 1.54) is 116 Å². The van der Waals surface area contributed by atoms with Crippen LogP contribution in [0.1, 0.15) is 149 Å². The number of carbonyl (C=O) groups excluding carboxylic acids is 1. The van der Waals surface area contributed by atoms with Crippen molar-refractivity contribution >= 4 is 6.16 Å². The lowest BCUT2D eigenvalue weighted by Crippen LogP contribution is -2.08. The smallest absolute Gasteiger partial charge is 0.434 e. The van der Waals surface area contributed by atoms with Crippen molar-refractivity contribution < 1.29 is 14.3 Å². The van der Waals surface area contributed by atoms with Gasteiger partial charge in [-0.2, -0.15) is 0 Å². The first-order chi connectivity index (χ1) is 14.3. The molecule has 0 unspecified atom stereocenters. The number of rotatable bonds is 23. The van der Waals surface area contributed by atoms with Crippen LogP contribution < -0.4 is 0 Å². The minimum Gasteiger partial charge on any atom is -0.434 e. The van der Waals surface area contributed by atoms with Crippen molar-refractivity contribution in [3.8, 4) is 0 Å². The van der Waals surface area contributed by atoms with Crippen molar-refractivity contribution in [1.29, 1.82) is 0 Å². The molecular weight excluding hydrogens is 360 g/mol. The molecule has 3 nitrogen and oxygen atoms in total. The number of unbranched alkanes of at least 4 members (excludes halogenated alkanes) is 19. The molecule has 0 aromatic rings. The van der Waals surface area contributed by atoms with E-state index in [2.05, 4.69) is 6.92 Å². The van der Waals surface area contributed by atoms with Crippen molar-refractivity contribution in [3.63, 3.8) is 0 Å². The quantitative estimate of drug-likeness (QED) is 0.124. The molecule has 0 aliphatic carbocycles. The molecule has 3 heteroatoms. The van der Waals surface area contributed by atoms with Crippen LogP contribution in [0.3, 0.4) is 0 Å². The average Bonchev–Trinajstić information content (AvgIpc) is 2.73. The summed E-state index contributed by atoms with van der Waals surface area (Å²) >= 11 is 0. The second kappa shape index (κ2) is 25.3. The molecule has 0 aromatic carbocycles. The zero-order chi connectivity index (χ0) is 21.3. The maximum Gasteiger partial charge on any atom is 0.508 e. The van der Waals surface area contributed by atoms with E-state index < -0.39 is 6.16 Å². The van der Waals surface area contributed by atoms with Gasteiger partial charge in [-0.15, -0.1) is 0 Å². The number of hydrogen-bond donors (Lipinski definition) is 0. The molecule has 0 saturated heterocycles. The highest BCUT2D eigenvalue weighted by Crippen LogP contribution is 2.14. The molecule has 0 bridgehead atoms. The monoisotopic (exact) mass is 412 g/mol. The summed E-state index contributed by atoms with van der Waals surface area (Å²) < 4.78 is 9.89. The maximum atomic E-state index is 11.2. The fourth-order valence-corrected chi connectivity index (χ4v) is 3.74. The summed E-state index contributed by atoms with van der Waals surface area (Å²) in [4.78, 5) is 11.2. The summed E-state index contributed by atoms with van der Waals surface area (Å²) in [5.41, 5.74) is 0. The van der Waals surface area contributed by atoms with Gasteiger partial charge in [-0.25, -0.2) is 4.79 Å². The van der Waals surface area contributed by atoms with E-state index in [1.54, 1.807) is 0 Å². The Morgan fingerprint density at radius 3 is 1.07 bits per heavy atom. The number of ether oxygens (including phenoxy) is 2. The second-order valence-corrected chi connectivity index (χ2v) is 8.66. The third-order valence-corrected chi connectivity index (χ3v) is 5.64. The zero-order valence-corrected chi connectivity index (χ0v) is 20.0. The van der Waals surface area contributed by atoms with E-state index in [-0.39, 0.29) is 0 Å². The molecule has 0 fully saturated rings. The predicted octanol–water partition coefficient (Wildman–Crippen LogP) is 9.37. The molecule has 0 rings (SSSR count). The Morgan fingerprint density at radius 1 is 0.414 bits per heavy atom. The van der Waals surface area contributed by atoms with Crippen LogP contribution in [0.15, 0.2) is 0 Å². The van der Waals surface area contributed by atoms with Crippen LogP contribution in [-0.2, 0) is 9.47 Å². The van der Waals surface area contributed by atoms with Crippen LogP contribution in [0.5, 0.6) is 0 Å². The average molecular weight is 413 g/mol. The van der Waals surface area contributed by atoms with Gasteiger partial charge in [-0.1, -0.05) is 136 Å². The Morgan fingerprint density at radius 2 is 0.724 bits per heavy atom. The maximum absolute atomic E-state index is 11.2. The lowest BCUT2D eigenvalue weighted by molar-refractivity contribution is 0.0541. The summed E-state index contributed by atoms with van der Waals surface area (Å²) in [5, 5.41) is 0. The lowest BCUT2D eigenvalue weighted by Gasteiger charge is -2.05. The van der Waals surface area contributed by atoms with E-state index in [4.69, 9.17) is 9.47 Å². The summed E-state index contributed by atoms with van der Waals surface area (Å²) in [6, 6.07) is 0. The molecule has 0 amide bonds. The van der Waals surface area contributed by atoms with E-state index in [9.17, 15) is 4.79 Å². The Hall–Kier alpha value is -0.730. The van der Waals surface area contributed by atoms with E-state index >= 15 is 0 Å². The van der Waals surface area contributed by atoms with Crippen LogP contribution in [0.2, 0.25) is 0 Å². The third-order valence-electron chi connectivity index (χ3n) is 5.64. The molecule has 0 aliphatic rings. The lowest BCUT2D eigenvalue weighted by atomic mass is 10.0. The molecule has 0 saturated carbocycles. The van der Waals surface area contributed by atoms with Crippen LogP contribution in [0.4, 0.5) is 4.79 Å². The van der Waals surface area contributed by atoms with E-state index in [0.29, 0.717) is 13.2 Å². The molecule has 0 heterocycles. The van der Waals surface area contributed by atoms with Gasteiger partial charge in [0.25, 0.3) is 0 Å². The highest BCUT2D eigenvalue weighted by Gasteiger charge is 2.01. The fourth-order valence-electron chi connectivity index (χ4n) is 3.74. The topological polar surface area (TPSA) is 35.5 Å². The first kappa shape index (κ1) is 28.3. The molecule has 0 aromatic heterocycles. The summed E-state index contributed by atoms with van der Waals surface area (Å²) in [6.45, 7) is 5.23. The molecular formula is C26H52O3. The van der Waals surface area contributed by atoms with Crippen molar-refractivity contribution in [1.82, 2.24) is 0 Å². The minimum absolute atomic E-state index is 0.456. The van der Waals surface area contributed by atoms with Gasteiger partial charge in [0.1, 0.15) is 0 Å². The first-order valence-corrected chi connectivity index (χ1v) is 13.1. The van der Waals surface area contributed by atoms with Gasteiger partial charge in [0, 0.05) is 0 Å². The molecule has 174 valence electrons. The summed E-state index contributed by atoms with van der Waals surface area (Å²) in [5.74, 6) is 0. The van der Waals surface area contributed by atoms with Crippen LogP contribution >= 0.6 is 0 Å². The normalized spacial score (nSPS) is 11.0. The van der Waals surface area contributed by atoms with Gasteiger partial charge in [-0.3, -0.25) is 0 Å². The van der Waals surface area contributed by atoms with E-state index in [1.807, 2.05) is 6.92 Å². The predicted molar refractivity (Wildman–Crippen MR) is 126 cm³/mol. The summed E-state index contributed by atoms with van der Waals surface area (Å²) in [6.07, 6.45) is 27.9. The Kier molecular flexibility index (Phi) is 24.7. The molecule has 0 atom stereocenters. The summed E-state index contributed by atoms with van der Waals surface area (Å²) in [7, 11) is 0. The SMILES string of the molecule is CCCCCCCCCCCCCCCCCCCCCCOC(=O)OCCC. The minimum atomic E-state index is -0.510. The van der Waals surface area contributed by atoms with Gasteiger partial charge in [-0.05, 0) is 12.8 Å². The third kappa shape index (κ3) is 25.2. The van der Waals surface area contributed by atoms with Gasteiger partial charge in [0.05, 0.1) is 13.2 Å². The zero-order valence-electron chi connectivity index (χ0n) is 20.0. The Bertz CT molecular complexity index is 317. The van der Waals surface area contributed by atoms with Gasteiger partial charge in [0.15, 0.2) is 0 Å². The van der Waals surface area contributed by atoms with Gasteiger partial charge in [0.2, 0.25) is 0 Å². The Balaban J connectivity index is 3.04. The molecule has 0 radical (unpaired) electrons. The molecule has 0 aliphatic heterocycles. The highest BCUT2D eigenvalue weighted by atomic mass is 16.7. The van der Waals surface area contributed by atoms with Crippen molar-refractivity contribution in [2.75, 3.05) is 13.2 Å². The van der Waals surface area contributed by atoms with Gasteiger partial charge < -0.3 is 9.47 Å². The van der Waals surface area contributed by atoms with Crippen LogP contribution in [-0.4, -0.2) is 19.4 Å². The number of hydrogen-bond acceptors (Lipinski definition) is 3. The van der Waals surface area contributed by atoms with Crippen LogP contribution in [0.25, 0.3) is 0 Å². The second-order valence-electron chi connectivity index (χ2n) is 8.66. The standard InChI is InChI=1S/C26H52O3/c1-3-5-6-7-8-9-10-11-12-13-14-15-16-17-18-19-20-21-22-23-25-29-26(27)28-24-4-2/h3-25H2,1-2H3. The highest BCUT2D eigenvalue weighted by molar-refractivity contribution is 5.59. The fraction of sp³-hybridized carbons (Fsp3) is 0.962. The van der Waals surface area contributed by atoms with Gasteiger partial charge >= 0.3 is 6.16 Å².